The number of H-pyrrole nitrogens is 1. The third-order valence-corrected chi connectivity index (χ3v) is 6.69. The Morgan fingerprint density at radius 2 is 1.74 bits per heavy atom. The zero-order valence-corrected chi connectivity index (χ0v) is 23.5. The number of benzene rings is 3. The first-order valence-electron chi connectivity index (χ1n) is 13.2. The molecule has 11 heteroatoms. The summed E-state index contributed by atoms with van der Waals surface area (Å²) >= 11 is 0. The Morgan fingerprint density at radius 1 is 1.00 bits per heavy atom. The van der Waals surface area contributed by atoms with Crippen molar-refractivity contribution >= 4 is 45.9 Å². The first-order chi connectivity index (χ1) is 20.1. The molecule has 0 spiro atoms. The van der Waals surface area contributed by atoms with E-state index in [1.165, 1.54) is 11.8 Å². The zero-order valence-electron chi connectivity index (χ0n) is 23.5. The van der Waals surface area contributed by atoms with Crippen LogP contribution in [0, 0.1) is 5.41 Å². The third kappa shape index (κ3) is 6.30. The van der Waals surface area contributed by atoms with E-state index in [0.717, 1.165) is 5.56 Å². The number of nitrogens with zero attached hydrogens (tertiary/aromatic N) is 1. The van der Waals surface area contributed by atoms with Crippen molar-refractivity contribution in [3.05, 3.63) is 101 Å². The largest absolute Gasteiger partial charge is 0.463 e. The van der Waals surface area contributed by atoms with Gasteiger partial charge in [0, 0.05) is 37.8 Å². The van der Waals surface area contributed by atoms with E-state index in [1.54, 1.807) is 86.9 Å². The van der Waals surface area contributed by atoms with Gasteiger partial charge >= 0.3 is 5.97 Å². The molecule has 0 bridgehead atoms. The lowest BCUT2D eigenvalue weighted by atomic mass is 9.94. The highest BCUT2D eigenvalue weighted by Gasteiger charge is 2.30. The first kappa shape index (κ1) is 29.5. The van der Waals surface area contributed by atoms with E-state index in [9.17, 15) is 19.2 Å². The van der Waals surface area contributed by atoms with E-state index in [2.05, 4.69) is 15.6 Å². The number of ether oxygens (including phenoxy) is 1. The van der Waals surface area contributed by atoms with Crippen LogP contribution in [0.4, 0.5) is 5.69 Å². The van der Waals surface area contributed by atoms with Gasteiger partial charge in [-0.25, -0.2) is 4.79 Å². The minimum Gasteiger partial charge on any atom is -0.463 e. The van der Waals surface area contributed by atoms with Crippen LogP contribution in [0.25, 0.3) is 10.8 Å². The van der Waals surface area contributed by atoms with Crippen molar-refractivity contribution in [2.45, 2.75) is 26.6 Å². The van der Waals surface area contributed by atoms with Gasteiger partial charge in [-0.2, -0.15) is 0 Å². The monoisotopic (exact) mass is 568 g/mol. The van der Waals surface area contributed by atoms with Gasteiger partial charge in [0.25, 0.3) is 5.91 Å². The highest BCUT2D eigenvalue weighted by atomic mass is 16.5. The van der Waals surface area contributed by atoms with Crippen LogP contribution in [-0.4, -0.2) is 54.2 Å². The molecule has 0 saturated heterocycles. The number of hydrogen-bond acceptors (Lipinski definition) is 7. The molecule has 0 aliphatic heterocycles. The number of amidine groups is 1. The molecule has 4 aromatic rings. The number of hydrogen-bond donors (Lipinski definition) is 5. The number of carbonyl (C=O) groups is 4. The summed E-state index contributed by atoms with van der Waals surface area (Å²) in [6, 6.07) is 18.8. The van der Waals surface area contributed by atoms with Crippen molar-refractivity contribution in [3.63, 3.8) is 0 Å². The molecule has 1 aromatic heterocycles. The van der Waals surface area contributed by atoms with Crippen LogP contribution < -0.4 is 21.3 Å². The second kappa shape index (κ2) is 12.8. The molecule has 42 heavy (non-hydrogen) atoms. The number of aromatic nitrogens is 1. The Kier molecular flexibility index (Phi) is 9.01. The number of esters is 1. The number of nitrogen functional groups attached to an aromatic ring is 1. The predicted octanol–water partition coefficient (Wildman–Crippen LogP) is 3.07. The molecular formula is C31H32N6O5. The predicted molar refractivity (Wildman–Crippen MR) is 159 cm³/mol. The standard InChI is InChI=1S/C31H32N6O5/c1-4-42-31(41)29(36-18(2)38)37(3)25-15-14-21-22(26(25)27(39)24-9-6-16-34-24)7-5-8-23(21)30(40)35-17-19-10-12-20(13-11-19)28(32)33/h5-16,29,34H,4,17H2,1-3H3,(H3,32,33)(H,35,40)(H,36,38). The SMILES string of the molecule is CCOC(=O)C(NC(C)=O)N(C)c1ccc2c(C(=O)NCc3ccc(C(=N)N)cc3)cccc2c1C(=O)c1ccc[nH]1. The molecule has 0 fully saturated rings. The topological polar surface area (TPSA) is 170 Å². The van der Waals surface area contributed by atoms with E-state index in [4.69, 9.17) is 15.9 Å². The average molecular weight is 569 g/mol. The smallest absolute Gasteiger partial charge is 0.349 e. The lowest BCUT2D eigenvalue weighted by Gasteiger charge is -2.30. The number of rotatable bonds is 11. The van der Waals surface area contributed by atoms with Gasteiger partial charge in [-0.15, -0.1) is 0 Å². The molecule has 11 nitrogen and oxygen atoms in total. The van der Waals surface area contributed by atoms with E-state index in [-0.39, 0.29) is 36.2 Å². The van der Waals surface area contributed by atoms with Crippen LogP contribution in [-0.2, 0) is 20.9 Å². The summed E-state index contributed by atoms with van der Waals surface area (Å²) in [5, 5.41) is 14.0. The number of amides is 2. The highest BCUT2D eigenvalue weighted by molar-refractivity contribution is 6.21. The molecule has 216 valence electrons. The van der Waals surface area contributed by atoms with Gasteiger partial charge in [-0.3, -0.25) is 19.8 Å². The fourth-order valence-electron chi connectivity index (χ4n) is 4.63. The fourth-order valence-corrected chi connectivity index (χ4v) is 4.63. The Hall–Kier alpha value is -5.45. The van der Waals surface area contributed by atoms with Gasteiger partial charge in [0.15, 0.2) is 0 Å². The normalized spacial score (nSPS) is 11.4. The summed E-state index contributed by atoms with van der Waals surface area (Å²) in [5.41, 5.74) is 8.19. The molecular weight excluding hydrogens is 536 g/mol. The number of likely N-dealkylation sites (N-methyl/N-ethyl adjacent to an activating group) is 1. The maximum absolute atomic E-state index is 13.9. The minimum absolute atomic E-state index is 0.0401. The zero-order chi connectivity index (χ0) is 30.4. The van der Waals surface area contributed by atoms with Crippen molar-refractivity contribution in [3.8, 4) is 0 Å². The summed E-state index contributed by atoms with van der Waals surface area (Å²) in [4.78, 5) is 56.4. The lowest BCUT2D eigenvalue weighted by Crippen LogP contribution is -2.52. The second-order valence-corrected chi connectivity index (χ2v) is 9.53. The maximum atomic E-state index is 13.9. The molecule has 0 aliphatic carbocycles. The number of ketones is 1. The van der Waals surface area contributed by atoms with Gasteiger partial charge in [0.1, 0.15) is 5.84 Å². The van der Waals surface area contributed by atoms with Crippen molar-refractivity contribution in [1.82, 2.24) is 15.6 Å². The lowest BCUT2D eigenvalue weighted by molar-refractivity contribution is -0.147. The molecule has 0 radical (unpaired) electrons. The second-order valence-electron chi connectivity index (χ2n) is 9.53. The van der Waals surface area contributed by atoms with Crippen LogP contribution in [0.5, 0.6) is 0 Å². The number of nitrogens with one attached hydrogen (secondary N) is 4. The van der Waals surface area contributed by atoms with E-state index in [1.807, 2.05) is 0 Å². The molecule has 4 rings (SSSR count). The summed E-state index contributed by atoms with van der Waals surface area (Å²) in [7, 11) is 1.58. The van der Waals surface area contributed by atoms with Crippen molar-refractivity contribution < 1.29 is 23.9 Å². The molecule has 3 aromatic carbocycles. The summed E-state index contributed by atoms with van der Waals surface area (Å²) in [5.74, 6) is -1.88. The Bertz CT molecular complexity index is 1650. The molecule has 2 amide bonds. The van der Waals surface area contributed by atoms with Crippen molar-refractivity contribution in [1.29, 1.82) is 5.41 Å². The third-order valence-electron chi connectivity index (χ3n) is 6.69. The van der Waals surface area contributed by atoms with Gasteiger partial charge < -0.3 is 31.0 Å². The minimum atomic E-state index is -1.20. The van der Waals surface area contributed by atoms with Crippen molar-refractivity contribution in [2.24, 2.45) is 5.73 Å². The van der Waals surface area contributed by atoms with Gasteiger partial charge in [0.05, 0.1) is 23.6 Å². The Balaban J connectivity index is 1.77. The van der Waals surface area contributed by atoms with Crippen LogP contribution in [0.3, 0.4) is 0 Å². The summed E-state index contributed by atoms with van der Waals surface area (Å²) in [6.07, 6.45) is 0.429. The highest BCUT2D eigenvalue weighted by Crippen LogP contribution is 2.33. The summed E-state index contributed by atoms with van der Waals surface area (Å²) < 4.78 is 5.18. The molecule has 0 saturated carbocycles. The van der Waals surface area contributed by atoms with E-state index >= 15 is 0 Å². The quantitative estimate of drug-likeness (QED) is 0.0608. The number of carbonyl (C=O) groups excluding carboxylic acids is 4. The van der Waals surface area contributed by atoms with E-state index in [0.29, 0.717) is 33.3 Å². The number of nitrogens with two attached hydrogens (primary N) is 1. The fraction of sp³-hybridized carbons (Fsp3) is 0.194. The number of fused-ring (bicyclic) bond motifs is 1. The molecule has 1 heterocycles. The maximum Gasteiger partial charge on any atom is 0.349 e. The first-order valence-corrected chi connectivity index (χ1v) is 13.2. The van der Waals surface area contributed by atoms with E-state index < -0.39 is 18.0 Å². The molecule has 6 N–H and O–H groups in total. The van der Waals surface area contributed by atoms with Crippen LogP contribution in [0.1, 0.15) is 51.4 Å². The Labute approximate surface area is 242 Å². The van der Waals surface area contributed by atoms with Gasteiger partial charge in [-0.05, 0) is 47.5 Å². The van der Waals surface area contributed by atoms with Crippen LogP contribution >= 0.6 is 0 Å². The summed E-state index contributed by atoms with van der Waals surface area (Å²) in [6.45, 7) is 3.29. The molecule has 0 aliphatic rings. The van der Waals surface area contributed by atoms with Crippen molar-refractivity contribution in [2.75, 3.05) is 18.6 Å². The average Bonchev–Trinajstić information content (AvgIpc) is 3.52. The van der Waals surface area contributed by atoms with Gasteiger partial charge in [0.2, 0.25) is 17.9 Å². The molecule has 1 unspecified atom stereocenters. The number of aromatic amines is 1. The number of anilines is 1. The Morgan fingerprint density at radius 3 is 2.36 bits per heavy atom. The van der Waals surface area contributed by atoms with Crippen LogP contribution in [0.15, 0.2) is 72.9 Å². The van der Waals surface area contributed by atoms with Crippen LogP contribution in [0.2, 0.25) is 0 Å². The van der Waals surface area contributed by atoms with Gasteiger partial charge in [-0.1, -0.05) is 42.5 Å². The molecule has 1 atom stereocenters.